The van der Waals surface area contributed by atoms with Gasteiger partial charge in [0.05, 0.1) is 0 Å². The largest absolute Gasteiger partial charge is 0.370 e. The fourth-order valence-corrected chi connectivity index (χ4v) is 3.18. The second-order valence-electron chi connectivity index (χ2n) is 5.97. The molecular formula is C18H18F2N4O. The fourth-order valence-electron chi connectivity index (χ4n) is 3.18. The summed E-state index contributed by atoms with van der Waals surface area (Å²) in [6, 6.07) is 7.08. The summed E-state index contributed by atoms with van der Waals surface area (Å²) in [6.07, 6.45) is 0.314. The molecule has 0 unspecified atom stereocenters. The number of benzene rings is 2. The van der Waals surface area contributed by atoms with E-state index in [0.717, 1.165) is 5.56 Å². The van der Waals surface area contributed by atoms with Crippen LogP contribution in [0.4, 0.5) is 13.6 Å². The minimum atomic E-state index is -0.592. The third-order valence-corrected chi connectivity index (χ3v) is 4.34. The minimum absolute atomic E-state index is 0.117. The highest BCUT2D eigenvalue weighted by Crippen LogP contribution is 2.35. The second kappa shape index (κ2) is 6.51. The zero-order valence-corrected chi connectivity index (χ0v) is 13.7. The number of carbonyl (C=O) groups excluding carboxylic acids is 1. The Kier molecular flexibility index (Phi) is 4.39. The van der Waals surface area contributed by atoms with Crippen molar-refractivity contribution in [3.63, 3.8) is 0 Å². The first kappa shape index (κ1) is 16.9. The number of nitrogens with zero attached hydrogens (tertiary/aromatic N) is 2. The zero-order valence-electron chi connectivity index (χ0n) is 13.7. The van der Waals surface area contributed by atoms with Crippen LogP contribution in [0.3, 0.4) is 0 Å². The highest BCUT2D eigenvalue weighted by Gasteiger charge is 2.26. The van der Waals surface area contributed by atoms with Crippen molar-refractivity contribution >= 4 is 12.0 Å². The molecular weight excluding hydrogens is 326 g/mol. The molecule has 5 nitrogen and oxygen atoms in total. The number of guanidine groups is 1. The lowest BCUT2D eigenvalue weighted by molar-refractivity contribution is 0.202. The fraction of sp³-hybridized carbons (Fsp3) is 0.222. The van der Waals surface area contributed by atoms with Gasteiger partial charge >= 0.3 is 6.03 Å². The Balaban J connectivity index is 2.10. The Morgan fingerprint density at radius 3 is 2.56 bits per heavy atom. The molecule has 1 aliphatic heterocycles. The third kappa shape index (κ3) is 3.17. The summed E-state index contributed by atoms with van der Waals surface area (Å²) in [5.74, 6) is -1.08. The van der Waals surface area contributed by atoms with E-state index < -0.39 is 6.03 Å². The summed E-state index contributed by atoms with van der Waals surface area (Å²) in [4.78, 5) is 17.0. The van der Waals surface area contributed by atoms with Crippen LogP contribution in [0.25, 0.3) is 11.1 Å². The van der Waals surface area contributed by atoms with Crippen LogP contribution < -0.4 is 11.5 Å². The predicted octanol–water partition coefficient (Wildman–Crippen LogP) is 2.69. The van der Waals surface area contributed by atoms with Crippen LogP contribution in [0.15, 0.2) is 35.3 Å². The molecule has 2 amide bonds. The first-order valence-corrected chi connectivity index (χ1v) is 7.82. The quantitative estimate of drug-likeness (QED) is 0.616. The lowest BCUT2D eigenvalue weighted by Crippen LogP contribution is -2.37. The number of carbonyl (C=O) groups is 1. The van der Waals surface area contributed by atoms with Crippen LogP contribution in [-0.4, -0.2) is 23.4 Å². The van der Waals surface area contributed by atoms with Gasteiger partial charge in [0.2, 0.25) is 0 Å². The standard InChI is InChI=1S/C18H18F2N4O/c1-10-3-2-4-15(20)16(10)12-5-6-14(19)11-7-8-24(9-13(11)12)18(25)23-17(21)22/h2-6H,7-9H2,1H3,(H4,21,22,23,25). The van der Waals surface area contributed by atoms with Crippen molar-refractivity contribution in [1.29, 1.82) is 0 Å². The van der Waals surface area contributed by atoms with E-state index >= 15 is 0 Å². The molecule has 0 radical (unpaired) electrons. The molecule has 4 N–H and O–H groups in total. The van der Waals surface area contributed by atoms with E-state index in [1.807, 2.05) is 0 Å². The first-order valence-electron chi connectivity index (χ1n) is 7.82. The van der Waals surface area contributed by atoms with Crippen molar-refractivity contribution in [2.45, 2.75) is 19.9 Å². The molecule has 1 aliphatic rings. The van der Waals surface area contributed by atoms with Crippen molar-refractivity contribution in [2.75, 3.05) is 6.54 Å². The molecule has 1 heterocycles. The molecule has 2 aromatic carbocycles. The van der Waals surface area contributed by atoms with Gasteiger partial charge in [-0.05, 0) is 47.7 Å². The molecule has 7 heteroatoms. The number of amides is 2. The van der Waals surface area contributed by atoms with Crippen molar-refractivity contribution < 1.29 is 13.6 Å². The van der Waals surface area contributed by atoms with Gasteiger partial charge in [0, 0.05) is 18.7 Å². The van der Waals surface area contributed by atoms with E-state index in [2.05, 4.69) is 4.99 Å². The molecule has 0 aromatic heterocycles. The van der Waals surface area contributed by atoms with Gasteiger partial charge in [0.25, 0.3) is 0 Å². The van der Waals surface area contributed by atoms with Crippen LogP contribution in [0, 0.1) is 18.6 Å². The average Bonchev–Trinajstić information content (AvgIpc) is 2.55. The maximum Gasteiger partial charge on any atom is 0.347 e. The van der Waals surface area contributed by atoms with Crippen molar-refractivity contribution in [3.05, 3.63) is 58.7 Å². The van der Waals surface area contributed by atoms with Crippen molar-refractivity contribution in [1.82, 2.24) is 4.90 Å². The lowest BCUT2D eigenvalue weighted by atomic mass is 9.89. The molecule has 0 aliphatic carbocycles. The maximum atomic E-state index is 14.4. The van der Waals surface area contributed by atoms with Crippen molar-refractivity contribution in [2.24, 2.45) is 16.5 Å². The van der Waals surface area contributed by atoms with E-state index in [9.17, 15) is 13.6 Å². The summed E-state index contributed by atoms with van der Waals surface area (Å²) in [5.41, 5.74) is 13.3. The molecule has 2 aromatic rings. The van der Waals surface area contributed by atoms with Crippen LogP contribution in [0.2, 0.25) is 0 Å². The van der Waals surface area contributed by atoms with E-state index in [-0.39, 0.29) is 24.1 Å². The highest BCUT2D eigenvalue weighted by molar-refractivity contribution is 5.90. The normalized spacial score (nSPS) is 13.3. The molecule has 0 saturated heterocycles. The Morgan fingerprint density at radius 1 is 1.12 bits per heavy atom. The average molecular weight is 344 g/mol. The number of rotatable bonds is 1. The van der Waals surface area contributed by atoms with Crippen LogP contribution in [0.1, 0.15) is 16.7 Å². The van der Waals surface area contributed by atoms with Gasteiger partial charge < -0.3 is 16.4 Å². The Hall–Kier alpha value is -2.96. The Morgan fingerprint density at radius 2 is 1.88 bits per heavy atom. The topological polar surface area (TPSA) is 84.7 Å². The van der Waals surface area contributed by atoms with E-state index in [0.29, 0.717) is 35.2 Å². The Bertz CT molecular complexity index is 855. The minimum Gasteiger partial charge on any atom is -0.370 e. The highest BCUT2D eigenvalue weighted by atomic mass is 19.1. The van der Waals surface area contributed by atoms with Crippen LogP contribution in [-0.2, 0) is 13.0 Å². The number of fused-ring (bicyclic) bond motifs is 1. The monoisotopic (exact) mass is 344 g/mol. The molecule has 25 heavy (non-hydrogen) atoms. The number of aryl methyl sites for hydroxylation is 1. The second-order valence-corrected chi connectivity index (χ2v) is 5.97. The van der Waals surface area contributed by atoms with Gasteiger partial charge in [-0.15, -0.1) is 0 Å². The number of aliphatic imine (C=N–C) groups is 1. The van der Waals surface area contributed by atoms with Crippen molar-refractivity contribution in [3.8, 4) is 11.1 Å². The number of hydrogen-bond acceptors (Lipinski definition) is 1. The predicted molar refractivity (Wildman–Crippen MR) is 91.9 cm³/mol. The van der Waals surface area contributed by atoms with E-state index in [4.69, 9.17) is 11.5 Å². The maximum absolute atomic E-state index is 14.4. The van der Waals surface area contributed by atoms with Gasteiger partial charge in [-0.3, -0.25) is 0 Å². The smallest absolute Gasteiger partial charge is 0.347 e. The third-order valence-electron chi connectivity index (χ3n) is 4.34. The summed E-state index contributed by atoms with van der Waals surface area (Å²) < 4.78 is 28.6. The van der Waals surface area contributed by atoms with Gasteiger partial charge in [0.1, 0.15) is 11.6 Å². The summed E-state index contributed by atoms with van der Waals surface area (Å²) in [7, 11) is 0. The molecule has 0 fully saturated rings. The summed E-state index contributed by atoms with van der Waals surface area (Å²) in [6.45, 7) is 2.20. The first-order chi connectivity index (χ1) is 11.9. The molecule has 3 rings (SSSR count). The lowest BCUT2D eigenvalue weighted by Gasteiger charge is -2.29. The number of nitrogens with two attached hydrogens (primary N) is 2. The van der Waals surface area contributed by atoms with Gasteiger partial charge in [-0.1, -0.05) is 18.2 Å². The number of halogens is 2. The van der Waals surface area contributed by atoms with E-state index in [1.54, 1.807) is 25.1 Å². The van der Waals surface area contributed by atoms with Crippen LogP contribution >= 0.6 is 0 Å². The molecule has 0 atom stereocenters. The van der Waals surface area contributed by atoms with E-state index in [1.165, 1.54) is 17.0 Å². The summed E-state index contributed by atoms with van der Waals surface area (Å²) >= 11 is 0. The molecule has 0 spiro atoms. The Labute approximate surface area is 143 Å². The summed E-state index contributed by atoms with van der Waals surface area (Å²) in [5, 5.41) is 0. The van der Waals surface area contributed by atoms with Gasteiger partial charge in [0.15, 0.2) is 5.96 Å². The number of hydrogen-bond donors (Lipinski definition) is 2. The SMILES string of the molecule is Cc1cccc(F)c1-c1ccc(F)c2c1CN(C(=O)N=C(N)N)CC2. The molecule has 0 saturated carbocycles. The molecule has 0 bridgehead atoms. The molecule has 130 valence electrons. The van der Waals surface area contributed by atoms with Crippen LogP contribution in [0.5, 0.6) is 0 Å². The number of urea groups is 1. The zero-order chi connectivity index (χ0) is 18.1. The van der Waals surface area contributed by atoms with Gasteiger partial charge in [-0.2, -0.15) is 4.99 Å². The van der Waals surface area contributed by atoms with Gasteiger partial charge in [-0.25, -0.2) is 13.6 Å².